The Morgan fingerprint density at radius 3 is 2.79 bits per heavy atom. The van der Waals surface area contributed by atoms with Gasteiger partial charge in [-0.15, -0.1) is 0 Å². The van der Waals surface area contributed by atoms with Crippen LogP contribution in [0.1, 0.15) is 26.2 Å². The van der Waals surface area contributed by atoms with Crippen molar-refractivity contribution >= 4 is 11.8 Å². The van der Waals surface area contributed by atoms with E-state index in [4.69, 9.17) is 5.73 Å². The van der Waals surface area contributed by atoms with E-state index >= 15 is 0 Å². The van der Waals surface area contributed by atoms with Gasteiger partial charge in [0.1, 0.15) is 0 Å². The average molecular weight is 214 g/mol. The van der Waals surface area contributed by atoms with Gasteiger partial charge in [0, 0.05) is 24.4 Å². The average Bonchev–Trinajstić information content (AvgIpc) is 3.03. The van der Waals surface area contributed by atoms with Crippen molar-refractivity contribution in [3.8, 4) is 0 Å². The van der Waals surface area contributed by atoms with Crippen molar-refractivity contribution in [2.45, 2.75) is 31.7 Å². The summed E-state index contributed by atoms with van der Waals surface area (Å²) in [5, 5.41) is 0. The molecule has 2 N–H and O–H groups in total. The Labute approximate surface area is 91.6 Å². The zero-order valence-electron chi connectivity index (χ0n) is 9.17. The maximum absolute atomic E-state index is 5.98. The molecule has 2 nitrogen and oxygen atoms in total. The van der Waals surface area contributed by atoms with Gasteiger partial charge in [0.2, 0.25) is 0 Å². The van der Waals surface area contributed by atoms with Crippen LogP contribution in [0.2, 0.25) is 0 Å². The number of nitrogens with zero attached hydrogens (tertiary/aromatic N) is 1. The Bertz CT molecular complexity index is 186. The molecule has 1 atom stereocenters. The summed E-state index contributed by atoms with van der Waals surface area (Å²) in [4.78, 5) is 2.66. The van der Waals surface area contributed by atoms with E-state index in [0.717, 1.165) is 12.5 Å². The lowest BCUT2D eigenvalue weighted by Gasteiger charge is -2.40. The van der Waals surface area contributed by atoms with Crippen LogP contribution >= 0.6 is 11.8 Å². The molecule has 1 heterocycles. The summed E-state index contributed by atoms with van der Waals surface area (Å²) in [6.07, 6.45) is 4.14. The van der Waals surface area contributed by atoms with Gasteiger partial charge in [0.15, 0.2) is 0 Å². The lowest BCUT2D eigenvalue weighted by Crippen LogP contribution is -2.54. The number of hydrogen-bond acceptors (Lipinski definition) is 3. The van der Waals surface area contributed by atoms with E-state index in [1.54, 1.807) is 0 Å². The highest BCUT2D eigenvalue weighted by Crippen LogP contribution is 2.42. The van der Waals surface area contributed by atoms with Crippen molar-refractivity contribution < 1.29 is 0 Å². The molecular weight excluding hydrogens is 192 g/mol. The fraction of sp³-hybridized carbons (Fsp3) is 1.00. The van der Waals surface area contributed by atoms with Gasteiger partial charge < -0.3 is 5.73 Å². The molecule has 1 unspecified atom stereocenters. The van der Waals surface area contributed by atoms with Gasteiger partial charge >= 0.3 is 0 Å². The molecule has 1 aliphatic carbocycles. The van der Waals surface area contributed by atoms with Crippen molar-refractivity contribution in [1.82, 2.24) is 4.90 Å². The fourth-order valence-electron chi connectivity index (χ4n) is 2.52. The van der Waals surface area contributed by atoms with Crippen LogP contribution < -0.4 is 5.73 Å². The van der Waals surface area contributed by atoms with Gasteiger partial charge in [-0.25, -0.2) is 0 Å². The van der Waals surface area contributed by atoms with Gasteiger partial charge in [-0.1, -0.05) is 0 Å². The first kappa shape index (κ1) is 10.8. The second-order valence-electron chi connectivity index (χ2n) is 4.79. The van der Waals surface area contributed by atoms with Crippen LogP contribution in [-0.4, -0.2) is 41.6 Å². The molecule has 14 heavy (non-hydrogen) atoms. The highest BCUT2D eigenvalue weighted by Gasteiger charge is 2.44. The number of nitrogens with two attached hydrogens (primary N) is 1. The predicted molar refractivity (Wildman–Crippen MR) is 63.7 cm³/mol. The van der Waals surface area contributed by atoms with E-state index in [1.807, 2.05) is 0 Å². The van der Waals surface area contributed by atoms with Crippen LogP contribution in [-0.2, 0) is 0 Å². The topological polar surface area (TPSA) is 29.3 Å². The quantitative estimate of drug-likeness (QED) is 0.773. The molecule has 0 bridgehead atoms. The summed E-state index contributed by atoms with van der Waals surface area (Å²) >= 11 is 2.10. The Morgan fingerprint density at radius 2 is 2.14 bits per heavy atom. The minimum atomic E-state index is 0.310. The van der Waals surface area contributed by atoms with Gasteiger partial charge in [-0.05, 0) is 44.4 Å². The smallest absolute Gasteiger partial charge is 0.0332 e. The monoisotopic (exact) mass is 214 g/mol. The molecule has 0 spiro atoms. The Balaban J connectivity index is 2.01. The zero-order valence-corrected chi connectivity index (χ0v) is 9.98. The van der Waals surface area contributed by atoms with E-state index in [9.17, 15) is 0 Å². The van der Waals surface area contributed by atoms with Crippen molar-refractivity contribution in [1.29, 1.82) is 0 Å². The predicted octanol–water partition coefficient (Wildman–Crippen LogP) is 1.55. The maximum Gasteiger partial charge on any atom is 0.0332 e. The van der Waals surface area contributed by atoms with Crippen molar-refractivity contribution in [2.24, 2.45) is 11.7 Å². The standard InChI is InChI=1S/C11H22N2S/c1-11(9-12,10-3-4-10)13-5-2-7-14-8-6-13/h10H,2-9,12H2,1H3. The second kappa shape index (κ2) is 4.42. The molecule has 82 valence electrons. The van der Waals surface area contributed by atoms with E-state index in [1.165, 1.54) is 43.9 Å². The molecule has 2 rings (SSSR count). The summed E-state index contributed by atoms with van der Waals surface area (Å²) < 4.78 is 0. The maximum atomic E-state index is 5.98. The molecule has 0 aromatic heterocycles. The van der Waals surface area contributed by atoms with Crippen LogP contribution in [0.5, 0.6) is 0 Å². The third kappa shape index (κ3) is 2.10. The lowest BCUT2D eigenvalue weighted by atomic mass is 9.93. The largest absolute Gasteiger partial charge is 0.329 e. The van der Waals surface area contributed by atoms with Crippen molar-refractivity contribution in [3.05, 3.63) is 0 Å². The first-order chi connectivity index (χ1) is 6.77. The second-order valence-corrected chi connectivity index (χ2v) is 6.01. The SMILES string of the molecule is CC(CN)(C1CC1)N1CCCSCC1. The van der Waals surface area contributed by atoms with E-state index in [-0.39, 0.29) is 0 Å². The highest BCUT2D eigenvalue weighted by atomic mass is 32.2. The third-order valence-electron chi connectivity index (χ3n) is 3.81. The minimum absolute atomic E-state index is 0.310. The van der Waals surface area contributed by atoms with Crippen molar-refractivity contribution in [2.75, 3.05) is 31.1 Å². The van der Waals surface area contributed by atoms with Gasteiger partial charge in [0.05, 0.1) is 0 Å². The van der Waals surface area contributed by atoms with E-state index in [2.05, 4.69) is 23.6 Å². The molecule has 1 aliphatic heterocycles. The molecule has 0 aromatic carbocycles. The summed E-state index contributed by atoms with van der Waals surface area (Å²) in [5.41, 5.74) is 6.29. The van der Waals surface area contributed by atoms with Gasteiger partial charge in [-0.2, -0.15) is 11.8 Å². The van der Waals surface area contributed by atoms with Crippen LogP contribution in [0.15, 0.2) is 0 Å². The van der Waals surface area contributed by atoms with Gasteiger partial charge in [0.25, 0.3) is 0 Å². The first-order valence-corrected chi connectivity index (χ1v) is 6.96. The molecule has 1 saturated heterocycles. The number of hydrogen-bond donors (Lipinski definition) is 1. The summed E-state index contributed by atoms with van der Waals surface area (Å²) in [6, 6.07) is 0. The third-order valence-corrected chi connectivity index (χ3v) is 4.86. The highest BCUT2D eigenvalue weighted by molar-refractivity contribution is 7.99. The fourth-order valence-corrected chi connectivity index (χ4v) is 3.40. The molecule has 0 radical (unpaired) electrons. The summed E-state index contributed by atoms with van der Waals surface area (Å²) in [6.45, 7) is 5.72. The molecule has 2 fully saturated rings. The van der Waals surface area contributed by atoms with Crippen LogP contribution in [0.3, 0.4) is 0 Å². The Kier molecular flexibility index (Phi) is 3.40. The molecule has 2 aliphatic rings. The van der Waals surface area contributed by atoms with Gasteiger partial charge in [-0.3, -0.25) is 4.90 Å². The van der Waals surface area contributed by atoms with E-state index < -0.39 is 0 Å². The van der Waals surface area contributed by atoms with E-state index in [0.29, 0.717) is 5.54 Å². The van der Waals surface area contributed by atoms with Crippen LogP contribution in [0.25, 0.3) is 0 Å². The Hall–Kier alpha value is 0.270. The molecule has 0 amide bonds. The number of thioether (sulfide) groups is 1. The summed E-state index contributed by atoms with van der Waals surface area (Å²) in [5.74, 6) is 3.51. The summed E-state index contributed by atoms with van der Waals surface area (Å²) in [7, 11) is 0. The number of rotatable bonds is 3. The first-order valence-electron chi connectivity index (χ1n) is 5.80. The molecule has 1 saturated carbocycles. The Morgan fingerprint density at radius 1 is 1.36 bits per heavy atom. The minimum Gasteiger partial charge on any atom is -0.329 e. The lowest BCUT2D eigenvalue weighted by molar-refractivity contribution is 0.0984. The molecule has 3 heteroatoms. The van der Waals surface area contributed by atoms with Crippen LogP contribution in [0, 0.1) is 5.92 Å². The molecular formula is C11H22N2S. The van der Waals surface area contributed by atoms with Crippen molar-refractivity contribution in [3.63, 3.8) is 0 Å². The normalized spacial score (nSPS) is 29.6. The zero-order chi connectivity index (χ0) is 10.0. The van der Waals surface area contributed by atoms with Crippen LogP contribution in [0.4, 0.5) is 0 Å². The molecule has 0 aromatic rings.